The van der Waals surface area contributed by atoms with Crippen molar-refractivity contribution in [2.75, 3.05) is 18.6 Å². The van der Waals surface area contributed by atoms with Crippen LogP contribution >= 0.6 is 0 Å². The molecule has 1 amide bonds. The Bertz CT molecular complexity index is 1090. The van der Waals surface area contributed by atoms with Crippen molar-refractivity contribution >= 4 is 17.9 Å². The number of aromatic nitrogens is 1. The second-order valence-electron chi connectivity index (χ2n) is 6.71. The van der Waals surface area contributed by atoms with Crippen molar-refractivity contribution in [1.29, 1.82) is 0 Å². The van der Waals surface area contributed by atoms with E-state index in [0.29, 0.717) is 4.90 Å². The van der Waals surface area contributed by atoms with Crippen LogP contribution in [-0.2, 0) is 22.1 Å². The zero-order valence-corrected chi connectivity index (χ0v) is 15.8. The Hall–Kier alpha value is -3.37. The van der Waals surface area contributed by atoms with Crippen LogP contribution < -0.4 is 10.5 Å². The summed E-state index contributed by atoms with van der Waals surface area (Å²) in [5, 5.41) is 9.55. The predicted octanol–water partition coefficient (Wildman–Crippen LogP) is 3.12. The number of hydrogen-bond acceptors (Lipinski definition) is 4. The lowest BCUT2D eigenvalue weighted by Gasteiger charge is -2.20. The lowest BCUT2D eigenvalue weighted by atomic mass is 9.96. The number of anilines is 1. The quantitative estimate of drug-likeness (QED) is 0.600. The molecule has 7 nitrogen and oxygen atoms in total. The van der Waals surface area contributed by atoms with Crippen molar-refractivity contribution in [2.45, 2.75) is 25.6 Å². The Morgan fingerprint density at radius 1 is 1.27 bits per heavy atom. The molecule has 0 saturated heterocycles. The van der Waals surface area contributed by atoms with Crippen molar-refractivity contribution in [1.82, 2.24) is 4.57 Å². The third kappa shape index (κ3) is 3.51. The number of carbonyl (C=O) groups is 2. The fourth-order valence-corrected chi connectivity index (χ4v) is 3.59. The molecular weight excluding hydrogens is 412 g/mol. The zero-order valence-electron chi connectivity index (χ0n) is 15.8. The smallest absolute Gasteiger partial charge is 0.416 e. The molecule has 2 aromatic rings. The van der Waals surface area contributed by atoms with Crippen LogP contribution in [0, 0.1) is 12.7 Å². The van der Waals surface area contributed by atoms with E-state index in [0.717, 1.165) is 35.9 Å². The van der Waals surface area contributed by atoms with E-state index in [1.165, 1.54) is 6.92 Å². The Labute approximate surface area is 167 Å². The first kappa shape index (κ1) is 21.3. The van der Waals surface area contributed by atoms with Crippen molar-refractivity contribution in [2.24, 2.45) is 0 Å². The maximum Gasteiger partial charge on any atom is 0.416 e. The average molecular weight is 428 g/mol. The van der Waals surface area contributed by atoms with Crippen LogP contribution in [0.3, 0.4) is 0 Å². The van der Waals surface area contributed by atoms with Gasteiger partial charge in [0, 0.05) is 23.6 Å². The summed E-state index contributed by atoms with van der Waals surface area (Å²) in [6.07, 6.45) is -7.01. The van der Waals surface area contributed by atoms with Crippen LogP contribution in [0.2, 0.25) is 0 Å². The molecule has 30 heavy (non-hydrogen) atoms. The maximum atomic E-state index is 14.4. The molecular formula is C19H16F4N2O5. The summed E-state index contributed by atoms with van der Waals surface area (Å²) in [5.74, 6) is -2.29. The van der Waals surface area contributed by atoms with Gasteiger partial charge in [0.1, 0.15) is 11.6 Å². The second-order valence-corrected chi connectivity index (χ2v) is 6.71. The molecule has 11 heteroatoms. The number of ether oxygens (including phenoxy) is 1. The first-order valence-electron chi connectivity index (χ1n) is 8.65. The highest BCUT2D eigenvalue weighted by Gasteiger charge is 2.41. The third-order valence-corrected chi connectivity index (χ3v) is 4.96. The van der Waals surface area contributed by atoms with E-state index in [-0.39, 0.29) is 16.9 Å². The number of aryl methyl sites for hydroxylation is 1. The van der Waals surface area contributed by atoms with E-state index in [1.807, 2.05) is 0 Å². The van der Waals surface area contributed by atoms with Gasteiger partial charge in [0.15, 0.2) is 6.04 Å². The molecule has 0 radical (unpaired) electrons. The second kappa shape index (κ2) is 7.47. The van der Waals surface area contributed by atoms with Gasteiger partial charge < -0.3 is 9.84 Å². The summed E-state index contributed by atoms with van der Waals surface area (Å²) >= 11 is 0. The van der Waals surface area contributed by atoms with E-state index in [1.54, 1.807) is 0 Å². The molecule has 0 saturated carbocycles. The molecule has 1 atom stereocenters. The van der Waals surface area contributed by atoms with Gasteiger partial charge in [0.2, 0.25) is 0 Å². The highest BCUT2D eigenvalue weighted by molar-refractivity contribution is 5.91. The molecule has 1 aliphatic heterocycles. The number of benzene rings is 1. The number of halogens is 4. The van der Waals surface area contributed by atoms with Gasteiger partial charge in [0.25, 0.3) is 5.56 Å². The van der Waals surface area contributed by atoms with Gasteiger partial charge in [-0.3, -0.25) is 14.3 Å². The molecule has 1 aromatic carbocycles. The summed E-state index contributed by atoms with van der Waals surface area (Å²) in [6.45, 7) is 0.939. The molecule has 1 aromatic heterocycles. The number of alkyl halides is 3. The number of amides is 1. The fourth-order valence-electron chi connectivity index (χ4n) is 3.59. The highest BCUT2D eigenvalue weighted by Crippen LogP contribution is 2.38. The van der Waals surface area contributed by atoms with Crippen molar-refractivity contribution < 1.29 is 37.0 Å². The van der Waals surface area contributed by atoms with Gasteiger partial charge in [-0.1, -0.05) is 6.07 Å². The molecule has 0 bridgehead atoms. The number of nitrogens with zero attached hydrogens (tertiary/aromatic N) is 2. The number of methoxy groups -OCH3 is 1. The van der Waals surface area contributed by atoms with Gasteiger partial charge in [-0.25, -0.2) is 14.0 Å². The van der Waals surface area contributed by atoms with Crippen LogP contribution in [0.25, 0.3) is 0 Å². The Morgan fingerprint density at radius 3 is 2.50 bits per heavy atom. The minimum absolute atomic E-state index is 0.0148. The van der Waals surface area contributed by atoms with Gasteiger partial charge in [0.05, 0.1) is 19.2 Å². The number of fused-ring (bicyclic) bond motifs is 1. The number of carboxylic acid groups (broad SMARTS) is 1. The molecule has 1 N–H and O–H groups in total. The largest absolute Gasteiger partial charge is 0.467 e. The van der Waals surface area contributed by atoms with Gasteiger partial charge in [-0.15, -0.1) is 0 Å². The van der Waals surface area contributed by atoms with Crippen LogP contribution in [0.4, 0.5) is 28.2 Å². The molecule has 3 rings (SSSR count). The van der Waals surface area contributed by atoms with E-state index in [9.17, 15) is 37.1 Å². The Kier molecular flexibility index (Phi) is 5.31. The van der Waals surface area contributed by atoms with Crippen molar-refractivity contribution in [3.63, 3.8) is 0 Å². The normalized spacial score (nSPS) is 15.8. The molecule has 0 fully saturated rings. The molecule has 160 valence electrons. The average Bonchev–Trinajstić information content (AvgIpc) is 3.06. The van der Waals surface area contributed by atoms with Gasteiger partial charge in [-0.05, 0) is 24.6 Å². The lowest BCUT2D eigenvalue weighted by molar-refractivity contribution is -0.144. The van der Waals surface area contributed by atoms with Crippen LogP contribution in [0.5, 0.6) is 0 Å². The molecule has 2 heterocycles. The number of esters is 1. The van der Waals surface area contributed by atoms with Gasteiger partial charge >= 0.3 is 18.2 Å². The van der Waals surface area contributed by atoms with Crippen molar-refractivity contribution in [3.8, 4) is 0 Å². The van der Waals surface area contributed by atoms with Crippen molar-refractivity contribution in [3.05, 3.63) is 62.7 Å². The molecule has 0 aliphatic carbocycles. The Balaban J connectivity index is 2.27. The fraction of sp³-hybridized carbons (Fsp3) is 0.316. The first-order chi connectivity index (χ1) is 14.0. The number of hydrogen-bond donors (Lipinski definition) is 1. The van der Waals surface area contributed by atoms with Crippen LogP contribution in [-0.4, -0.2) is 35.4 Å². The van der Waals surface area contributed by atoms with Gasteiger partial charge in [-0.2, -0.15) is 13.2 Å². The monoisotopic (exact) mass is 428 g/mol. The number of rotatable bonds is 3. The summed E-state index contributed by atoms with van der Waals surface area (Å²) in [5.41, 5.74) is -2.48. The number of pyridine rings is 1. The van der Waals surface area contributed by atoms with E-state index < -0.39 is 59.7 Å². The zero-order chi connectivity index (χ0) is 22.4. The third-order valence-electron chi connectivity index (χ3n) is 4.96. The summed E-state index contributed by atoms with van der Waals surface area (Å²) in [4.78, 5) is 37.0. The highest BCUT2D eigenvalue weighted by atomic mass is 19.4. The molecule has 0 spiro atoms. The van der Waals surface area contributed by atoms with Crippen LogP contribution in [0.1, 0.15) is 28.3 Å². The Morgan fingerprint density at radius 2 is 1.93 bits per heavy atom. The first-order valence-corrected chi connectivity index (χ1v) is 8.65. The summed E-state index contributed by atoms with van der Waals surface area (Å²) < 4.78 is 60.1. The minimum Gasteiger partial charge on any atom is -0.467 e. The minimum atomic E-state index is -4.85. The van der Waals surface area contributed by atoms with E-state index in [2.05, 4.69) is 4.74 Å². The molecule has 1 aliphatic rings. The summed E-state index contributed by atoms with van der Waals surface area (Å²) in [7, 11) is 1.06. The van der Waals surface area contributed by atoms with E-state index in [4.69, 9.17) is 0 Å². The predicted molar refractivity (Wildman–Crippen MR) is 96.1 cm³/mol. The lowest BCUT2D eigenvalue weighted by Crippen LogP contribution is -2.31. The molecule has 1 unspecified atom stereocenters. The van der Waals surface area contributed by atoms with E-state index >= 15 is 0 Å². The maximum absolute atomic E-state index is 14.4. The summed E-state index contributed by atoms with van der Waals surface area (Å²) in [6, 6.07) is 2.26. The number of carbonyl (C=O) groups excluding carboxylic acids is 1. The standard InChI is InChI=1S/C19H16F4N2O5/c1-9-6-15(26)25-14(17(27)30-2)8-24(18(28)29)16(25)10(9)7-11-12(19(21,22)23)4-3-5-13(11)20/h3-6,14H,7-8H2,1-2H3,(H,28,29). The SMILES string of the molecule is COC(=O)C1CN(C(=O)O)c2c(Cc3c(F)cccc3C(F)(F)F)c(C)cc(=O)n21. The van der Waals surface area contributed by atoms with Crippen LogP contribution in [0.15, 0.2) is 29.1 Å². The topological polar surface area (TPSA) is 88.8 Å².